The predicted molar refractivity (Wildman–Crippen MR) is 104 cm³/mol. The minimum atomic E-state index is -0.990. The molecular formula is C17H16ClNO5S2. The number of hydrogen-bond acceptors (Lipinski definition) is 6. The number of thiophene rings is 1. The fourth-order valence-electron chi connectivity index (χ4n) is 2.09. The van der Waals surface area contributed by atoms with E-state index in [0.717, 1.165) is 17.3 Å². The summed E-state index contributed by atoms with van der Waals surface area (Å²) in [6.45, 7) is 1.91. The molecule has 0 radical (unpaired) electrons. The molecule has 0 aliphatic rings. The maximum atomic E-state index is 12.4. The Hall–Kier alpha value is -2.03. The Morgan fingerprint density at radius 1 is 1.23 bits per heavy atom. The van der Waals surface area contributed by atoms with Gasteiger partial charge < -0.3 is 15.2 Å². The van der Waals surface area contributed by atoms with Crippen molar-refractivity contribution in [3.8, 4) is 11.1 Å². The van der Waals surface area contributed by atoms with Gasteiger partial charge in [0.05, 0.1) is 18.1 Å². The number of hydrogen-bond donors (Lipinski definition) is 2. The van der Waals surface area contributed by atoms with Gasteiger partial charge in [-0.25, -0.2) is 4.79 Å². The van der Waals surface area contributed by atoms with Crippen molar-refractivity contribution in [2.24, 2.45) is 0 Å². The van der Waals surface area contributed by atoms with Crippen LogP contribution < -0.4 is 5.32 Å². The number of anilines is 1. The van der Waals surface area contributed by atoms with E-state index in [2.05, 4.69) is 5.32 Å². The van der Waals surface area contributed by atoms with Gasteiger partial charge in [0.1, 0.15) is 10.6 Å². The first-order valence-electron chi connectivity index (χ1n) is 7.56. The zero-order chi connectivity index (χ0) is 19.1. The summed E-state index contributed by atoms with van der Waals surface area (Å²) in [7, 11) is 0. The maximum absolute atomic E-state index is 12.4. The van der Waals surface area contributed by atoms with Crippen molar-refractivity contribution in [3.63, 3.8) is 0 Å². The van der Waals surface area contributed by atoms with Gasteiger partial charge in [-0.2, -0.15) is 0 Å². The summed E-state index contributed by atoms with van der Waals surface area (Å²) < 4.78 is 5.11. The number of rotatable bonds is 8. The van der Waals surface area contributed by atoms with Crippen LogP contribution in [0.1, 0.15) is 17.3 Å². The van der Waals surface area contributed by atoms with Gasteiger partial charge in [-0.15, -0.1) is 23.1 Å². The summed E-state index contributed by atoms with van der Waals surface area (Å²) in [5.74, 6) is -2.10. The van der Waals surface area contributed by atoms with Crippen LogP contribution in [0, 0.1) is 0 Å². The SMILES string of the molecule is CCOC(=O)c1c(-c2ccc(Cl)cc2)csc1NC(=O)CSCC(=O)O. The van der Waals surface area contributed by atoms with Gasteiger partial charge in [-0.3, -0.25) is 9.59 Å². The molecule has 1 aromatic heterocycles. The average molecular weight is 414 g/mol. The molecule has 0 saturated heterocycles. The third-order valence-corrected chi connectivity index (χ3v) is 5.20. The van der Waals surface area contributed by atoms with Crippen LogP contribution >= 0.6 is 34.7 Å². The Balaban J connectivity index is 2.25. The molecule has 2 N–H and O–H groups in total. The van der Waals surface area contributed by atoms with Crippen LogP contribution in [0.15, 0.2) is 29.6 Å². The van der Waals surface area contributed by atoms with E-state index in [-0.39, 0.29) is 29.6 Å². The highest BCUT2D eigenvalue weighted by Crippen LogP contribution is 2.36. The van der Waals surface area contributed by atoms with Crippen molar-refractivity contribution >= 4 is 57.5 Å². The van der Waals surface area contributed by atoms with Gasteiger partial charge >= 0.3 is 11.9 Å². The molecule has 0 saturated carbocycles. The Labute approximate surface area is 163 Å². The van der Waals surface area contributed by atoms with Crippen molar-refractivity contribution < 1.29 is 24.2 Å². The number of aliphatic carboxylic acids is 1. The molecule has 26 heavy (non-hydrogen) atoms. The number of esters is 1. The summed E-state index contributed by atoms with van der Waals surface area (Å²) in [5.41, 5.74) is 1.68. The molecular weight excluding hydrogens is 398 g/mol. The minimum Gasteiger partial charge on any atom is -0.481 e. The number of carbonyl (C=O) groups is 3. The normalized spacial score (nSPS) is 10.4. The van der Waals surface area contributed by atoms with Gasteiger partial charge in [-0.1, -0.05) is 23.7 Å². The molecule has 2 aromatic rings. The number of carbonyl (C=O) groups excluding carboxylic acids is 2. The monoisotopic (exact) mass is 413 g/mol. The quantitative estimate of drug-likeness (QED) is 0.635. The number of carboxylic acids is 1. The molecule has 0 atom stereocenters. The number of benzene rings is 1. The van der Waals surface area contributed by atoms with E-state index in [9.17, 15) is 14.4 Å². The fourth-order valence-corrected chi connectivity index (χ4v) is 3.73. The van der Waals surface area contributed by atoms with Gasteiger partial charge in [0.2, 0.25) is 5.91 Å². The van der Waals surface area contributed by atoms with Gasteiger partial charge in [0, 0.05) is 16.0 Å². The lowest BCUT2D eigenvalue weighted by Gasteiger charge is -2.08. The lowest BCUT2D eigenvalue weighted by molar-refractivity contribution is -0.133. The van der Waals surface area contributed by atoms with E-state index in [4.69, 9.17) is 21.4 Å². The Morgan fingerprint density at radius 2 is 1.92 bits per heavy atom. The Morgan fingerprint density at radius 3 is 2.54 bits per heavy atom. The van der Waals surface area contributed by atoms with Gasteiger partial charge in [0.15, 0.2) is 0 Å². The van der Waals surface area contributed by atoms with Crippen LogP contribution in [-0.4, -0.2) is 41.1 Å². The topological polar surface area (TPSA) is 92.7 Å². The zero-order valence-electron chi connectivity index (χ0n) is 13.8. The molecule has 0 aliphatic carbocycles. The van der Waals surface area contributed by atoms with E-state index in [1.54, 1.807) is 36.6 Å². The van der Waals surface area contributed by atoms with E-state index in [1.165, 1.54) is 11.3 Å². The number of thioether (sulfide) groups is 1. The van der Waals surface area contributed by atoms with Crippen LogP contribution in [0.25, 0.3) is 11.1 Å². The summed E-state index contributed by atoms with van der Waals surface area (Å²) in [5, 5.41) is 14.0. The summed E-state index contributed by atoms with van der Waals surface area (Å²) in [4.78, 5) is 34.9. The molecule has 6 nitrogen and oxygen atoms in total. The molecule has 1 aromatic carbocycles. The average Bonchev–Trinajstić information content (AvgIpc) is 2.99. The van der Waals surface area contributed by atoms with E-state index in [0.29, 0.717) is 15.6 Å². The lowest BCUT2D eigenvalue weighted by atomic mass is 10.0. The second kappa shape index (κ2) is 9.61. The Kier molecular flexibility index (Phi) is 7.50. The van der Waals surface area contributed by atoms with E-state index >= 15 is 0 Å². The van der Waals surface area contributed by atoms with Crippen molar-refractivity contribution in [2.75, 3.05) is 23.4 Å². The first kappa shape index (κ1) is 20.3. The third kappa shape index (κ3) is 5.48. The molecule has 1 amide bonds. The van der Waals surface area contributed by atoms with Crippen LogP contribution in [0.4, 0.5) is 5.00 Å². The predicted octanol–water partition coefficient (Wildman–Crippen LogP) is 4.00. The zero-order valence-corrected chi connectivity index (χ0v) is 16.2. The van der Waals surface area contributed by atoms with E-state index in [1.807, 2.05) is 0 Å². The fraction of sp³-hybridized carbons (Fsp3) is 0.235. The number of ether oxygens (including phenoxy) is 1. The second-order valence-corrected chi connectivity index (χ2v) is 7.32. The summed E-state index contributed by atoms with van der Waals surface area (Å²) >= 11 is 8.09. The lowest BCUT2D eigenvalue weighted by Crippen LogP contribution is -2.17. The van der Waals surface area contributed by atoms with Crippen molar-refractivity contribution in [1.29, 1.82) is 0 Å². The van der Waals surface area contributed by atoms with Crippen molar-refractivity contribution in [3.05, 3.63) is 40.2 Å². The second-order valence-electron chi connectivity index (χ2n) is 5.02. The van der Waals surface area contributed by atoms with Crippen molar-refractivity contribution in [1.82, 2.24) is 0 Å². The Bertz CT molecular complexity index is 804. The molecule has 0 aliphatic heterocycles. The smallest absolute Gasteiger partial charge is 0.341 e. The number of carboxylic acid groups (broad SMARTS) is 1. The summed E-state index contributed by atoms with van der Waals surface area (Å²) in [6, 6.07) is 6.98. The van der Waals surface area contributed by atoms with Gasteiger partial charge in [0.25, 0.3) is 0 Å². The molecule has 9 heteroatoms. The molecule has 0 fully saturated rings. The highest BCUT2D eigenvalue weighted by Gasteiger charge is 2.22. The molecule has 1 heterocycles. The first-order chi connectivity index (χ1) is 12.4. The number of amides is 1. The standard InChI is InChI=1S/C17H16ClNO5S2/c1-2-24-17(23)15-12(10-3-5-11(18)6-4-10)7-26-16(15)19-13(20)8-25-9-14(21)22/h3-7H,2,8-9H2,1H3,(H,19,20)(H,21,22). The molecule has 138 valence electrons. The minimum absolute atomic E-state index is 0.0251. The largest absolute Gasteiger partial charge is 0.481 e. The van der Waals surface area contributed by atoms with Crippen LogP contribution in [0.2, 0.25) is 5.02 Å². The molecule has 0 bridgehead atoms. The number of halogens is 1. The first-order valence-corrected chi connectivity index (χ1v) is 9.97. The van der Waals surface area contributed by atoms with Crippen LogP contribution in [-0.2, 0) is 14.3 Å². The van der Waals surface area contributed by atoms with E-state index < -0.39 is 11.9 Å². The maximum Gasteiger partial charge on any atom is 0.341 e. The molecule has 0 unspecified atom stereocenters. The molecule has 2 rings (SSSR count). The number of nitrogens with one attached hydrogen (secondary N) is 1. The van der Waals surface area contributed by atoms with Crippen LogP contribution in [0.5, 0.6) is 0 Å². The van der Waals surface area contributed by atoms with Crippen molar-refractivity contribution in [2.45, 2.75) is 6.92 Å². The summed E-state index contributed by atoms with van der Waals surface area (Å²) in [6.07, 6.45) is 0. The highest BCUT2D eigenvalue weighted by molar-refractivity contribution is 8.00. The third-order valence-electron chi connectivity index (χ3n) is 3.14. The molecule has 0 spiro atoms. The van der Waals surface area contributed by atoms with Crippen LogP contribution in [0.3, 0.4) is 0 Å². The highest BCUT2D eigenvalue weighted by atomic mass is 35.5. The van der Waals surface area contributed by atoms with Gasteiger partial charge in [-0.05, 0) is 24.6 Å².